The first-order chi connectivity index (χ1) is 7.34. The van der Waals surface area contributed by atoms with Crippen LogP contribution >= 0.6 is 0 Å². The highest BCUT2D eigenvalue weighted by Gasteiger charge is 2.18. The fourth-order valence-electron chi connectivity index (χ4n) is 1.15. The van der Waals surface area contributed by atoms with Gasteiger partial charge in [-0.15, -0.1) is 0 Å². The van der Waals surface area contributed by atoms with Crippen LogP contribution in [0, 0.1) is 0 Å². The van der Waals surface area contributed by atoms with Gasteiger partial charge >= 0.3 is 0 Å². The highest BCUT2D eigenvalue weighted by molar-refractivity contribution is 7.86. The maximum absolute atomic E-state index is 11.1. The van der Waals surface area contributed by atoms with Crippen LogP contribution in [0.1, 0.15) is 24.2 Å². The average Bonchev–Trinajstić information content (AvgIpc) is 2.15. The molecule has 0 fully saturated rings. The van der Waals surface area contributed by atoms with Gasteiger partial charge in [0.2, 0.25) is 0 Å². The van der Waals surface area contributed by atoms with Gasteiger partial charge in [0.15, 0.2) is 0 Å². The van der Waals surface area contributed by atoms with E-state index in [4.69, 9.17) is 9.29 Å². The first-order valence-corrected chi connectivity index (χ1v) is 6.02. The van der Waals surface area contributed by atoms with Crippen LogP contribution in [0.2, 0.25) is 0 Å². The molecule has 0 heterocycles. The van der Waals surface area contributed by atoms with Crippen molar-refractivity contribution in [2.45, 2.75) is 24.8 Å². The van der Waals surface area contributed by atoms with Gasteiger partial charge in [0.05, 0.1) is 6.10 Å². The van der Waals surface area contributed by atoms with E-state index >= 15 is 0 Å². The largest absolute Gasteiger partial charge is 0.490 e. The van der Waals surface area contributed by atoms with E-state index in [1.54, 1.807) is 13.8 Å². The van der Waals surface area contributed by atoms with Crippen molar-refractivity contribution < 1.29 is 22.5 Å². The lowest BCUT2D eigenvalue weighted by atomic mass is 10.2. The zero-order valence-electron chi connectivity index (χ0n) is 8.88. The molecule has 16 heavy (non-hydrogen) atoms. The Morgan fingerprint density at radius 1 is 1.38 bits per heavy atom. The van der Waals surface area contributed by atoms with Crippen LogP contribution in [0.25, 0.3) is 0 Å². The van der Waals surface area contributed by atoms with E-state index in [9.17, 15) is 13.2 Å². The molecule has 0 saturated heterocycles. The number of ether oxygens (including phenoxy) is 1. The Kier molecular flexibility index (Phi) is 3.66. The zero-order chi connectivity index (χ0) is 12.3. The number of benzene rings is 1. The maximum atomic E-state index is 11.1. The standard InChI is InChI=1S/C10H12O5S/c1-7(2)15-9-4-3-8(6-11)5-10(9)16(12,13)14/h3-7H,1-2H3,(H,12,13,14). The lowest BCUT2D eigenvalue weighted by Crippen LogP contribution is -2.10. The number of rotatable bonds is 4. The Bertz CT molecular complexity index is 490. The molecule has 1 aromatic carbocycles. The molecule has 5 nitrogen and oxygen atoms in total. The van der Waals surface area contributed by atoms with Gasteiger partial charge in [-0.1, -0.05) is 0 Å². The van der Waals surface area contributed by atoms with Crippen molar-refractivity contribution in [3.8, 4) is 5.75 Å². The van der Waals surface area contributed by atoms with Crippen LogP contribution in [-0.4, -0.2) is 25.4 Å². The molecular formula is C10H12O5S. The van der Waals surface area contributed by atoms with E-state index in [2.05, 4.69) is 0 Å². The Morgan fingerprint density at radius 3 is 2.44 bits per heavy atom. The van der Waals surface area contributed by atoms with Crippen molar-refractivity contribution in [3.05, 3.63) is 23.8 Å². The van der Waals surface area contributed by atoms with Crippen LogP contribution in [0.3, 0.4) is 0 Å². The number of hydrogen-bond acceptors (Lipinski definition) is 4. The van der Waals surface area contributed by atoms with Crippen LogP contribution in [0.4, 0.5) is 0 Å². The number of hydrogen-bond donors (Lipinski definition) is 1. The molecule has 0 aromatic heterocycles. The minimum atomic E-state index is -4.40. The van der Waals surface area contributed by atoms with E-state index in [-0.39, 0.29) is 17.4 Å². The molecule has 1 aromatic rings. The predicted molar refractivity (Wildman–Crippen MR) is 57.4 cm³/mol. The zero-order valence-corrected chi connectivity index (χ0v) is 9.69. The third-order valence-electron chi connectivity index (χ3n) is 1.74. The highest BCUT2D eigenvalue weighted by Crippen LogP contribution is 2.25. The van der Waals surface area contributed by atoms with Crippen LogP contribution < -0.4 is 4.74 Å². The van der Waals surface area contributed by atoms with Gasteiger partial charge in [-0.05, 0) is 32.0 Å². The van der Waals surface area contributed by atoms with E-state index in [1.807, 2.05) is 0 Å². The molecule has 0 amide bonds. The van der Waals surface area contributed by atoms with Gasteiger partial charge in [0.1, 0.15) is 16.9 Å². The van der Waals surface area contributed by atoms with Gasteiger partial charge in [-0.25, -0.2) is 0 Å². The molecule has 0 atom stereocenters. The molecule has 1 N–H and O–H groups in total. The Hall–Kier alpha value is -1.40. The third kappa shape index (κ3) is 3.04. The van der Waals surface area contributed by atoms with Crippen molar-refractivity contribution >= 4 is 16.4 Å². The van der Waals surface area contributed by atoms with Crippen LogP contribution in [0.5, 0.6) is 5.75 Å². The van der Waals surface area contributed by atoms with Gasteiger partial charge in [0.25, 0.3) is 10.1 Å². The third-order valence-corrected chi connectivity index (χ3v) is 2.62. The fourth-order valence-corrected chi connectivity index (χ4v) is 1.81. The Balaban J connectivity index is 3.33. The summed E-state index contributed by atoms with van der Waals surface area (Å²) in [5.74, 6) is 0.0306. The normalized spacial score (nSPS) is 11.5. The minimum absolute atomic E-state index is 0.0306. The molecule has 0 saturated carbocycles. The van der Waals surface area contributed by atoms with Crippen molar-refractivity contribution in [2.24, 2.45) is 0 Å². The summed E-state index contributed by atoms with van der Waals surface area (Å²) in [5, 5.41) is 0. The summed E-state index contributed by atoms with van der Waals surface area (Å²) in [6, 6.07) is 3.83. The van der Waals surface area contributed by atoms with Gasteiger partial charge in [0, 0.05) is 5.56 Å². The molecular weight excluding hydrogens is 232 g/mol. The maximum Gasteiger partial charge on any atom is 0.298 e. The molecule has 0 radical (unpaired) electrons. The summed E-state index contributed by atoms with van der Waals surface area (Å²) in [4.78, 5) is 10.1. The smallest absolute Gasteiger partial charge is 0.298 e. The van der Waals surface area contributed by atoms with Crippen molar-refractivity contribution in [1.29, 1.82) is 0 Å². The second-order valence-corrected chi connectivity index (χ2v) is 4.86. The van der Waals surface area contributed by atoms with Crippen LogP contribution in [-0.2, 0) is 10.1 Å². The Morgan fingerprint density at radius 2 is 2.00 bits per heavy atom. The van der Waals surface area contributed by atoms with Crippen LogP contribution in [0.15, 0.2) is 23.1 Å². The Labute approximate surface area is 93.8 Å². The molecule has 88 valence electrons. The summed E-state index contributed by atoms with van der Waals surface area (Å²) >= 11 is 0. The molecule has 0 unspecified atom stereocenters. The van der Waals surface area contributed by atoms with E-state index in [0.29, 0.717) is 6.29 Å². The monoisotopic (exact) mass is 244 g/mol. The summed E-state index contributed by atoms with van der Waals surface area (Å²) in [6.07, 6.45) is 0.260. The van der Waals surface area contributed by atoms with Crippen molar-refractivity contribution in [2.75, 3.05) is 0 Å². The number of carbonyl (C=O) groups is 1. The second kappa shape index (κ2) is 4.63. The topological polar surface area (TPSA) is 80.7 Å². The lowest BCUT2D eigenvalue weighted by molar-refractivity contribution is 0.112. The number of carbonyl (C=O) groups excluding carboxylic acids is 1. The number of aldehydes is 1. The van der Waals surface area contributed by atoms with Gasteiger partial charge < -0.3 is 4.74 Å². The highest BCUT2D eigenvalue weighted by atomic mass is 32.2. The summed E-state index contributed by atoms with van der Waals surface area (Å²) in [6.45, 7) is 3.45. The molecule has 1 rings (SSSR count). The van der Waals surface area contributed by atoms with E-state index in [1.165, 1.54) is 12.1 Å². The van der Waals surface area contributed by atoms with Crippen molar-refractivity contribution in [1.82, 2.24) is 0 Å². The minimum Gasteiger partial charge on any atom is -0.490 e. The second-order valence-electron chi connectivity index (χ2n) is 3.47. The molecule has 0 aliphatic heterocycles. The molecule has 0 bridgehead atoms. The molecule has 0 aliphatic rings. The fraction of sp³-hybridized carbons (Fsp3) is 0.300. The predicted octanol–water partition coefficient (Wildman–Crippen LogP) is 1.53. The summed E-state index contributed by atoms with van der Waals surface area (Å²) < 4.78 is 36.3. The van der Waals surface area contributed by atoms with E-state index in [0.717, 1.165) is 6.07 Å². The first-order valence-electron chi connectivity index (χ1n) is 4.58. The van der Waals surface area contributed by atoms with Crippen molar-refractivity contribution in [3.63, 3.8) is 0 Å². The average molecular weight is 244 g/mol. The van der Waals surface area contributed by atoms with Gasteiger partial charge in [-0.2, -0.15) is 8.42 Å². The van der Waals surface area contributed by atoms with Gasteiger partial charge in [-0.3, -0.25) is 9.35 Å². The summed E-state index contributed by atoms with van der Waals surface area (Å²) in [5.41, 5.74) is 0.156. The van der Waals surface area contributed by atoms with E-state index < -0.39 is 15.0 Å². The quantitative estimate of drug-likeness (QED) is 0.641. The lowest BCUT2D eigenvalue weighted by Gasteiger charge is -2.12. The summed E-state index contributed by atoms with van der Waals surface area (Å²) in [7, 11) is -4.40. The molecule has 0 spiro atoms. The SMILES string of the molecule is CC(C)Oc1ccc(C=O)cc1S(=O)(=O)O. The first kappa shape index (κ1) is 12.7. The molecule has 6 heteroatoms. The molecule has 0 aliphatic carbocycles.